The Balaban J connectivity index is 1.70. The van der Waals surface area contributed by atoms with E-state index in [1.165, 1.54) is 4.90 Å². The van der Waals surface area contributed by atoms with Gasteiger partial charge < -0.3 is 9.80 Å². The second kappa shape index (κ2) is 4.32. The molecular formula is C16H17N3O3. The molecule has 0 aromatic heterocycles. The molecule has 3 aliphatic rings. The van der Waals surface area contributed by atoms with Crippen LogP contribution in [0, 0.1) is 0 Å². The van der Waals surface area contributed by atoms with Crippen LogP contribution in [0.5, 0.6) is 0 Å². The molecule has 0 bridgehead atoms. The van der Waals surface area contributed by atoms with Crippen LogP contribution in [0.2, 0.25) is 0 Å². The van der Waals surface area contributed by atoms with Crippen LogP contribution in [-0.2, 0) is 9.59 Å². The number of carbonyl (C=O) groups is 3. The van der Waals surface area contributed by atoms with Crippen molar-refractivity contribution in [2.45, 2.75) is 31.7 Å². The van der Waals surface area contributed by atoms with Crippen LogP contribution in [-0.4, -0.2) is 41.4 Å². The first-order chi connectivity index (χ1) is 10.5. The molecule has 0 radical (unpaired) electrons. The largest absolute Gasteiger partial charge is 0.332 e. The van der Waals surface area contributed by atoms with Crippen molar-refractivity contribution < 1.29 is 14.4 Å². The van der Waals surface area contributed by atoms with Gasteiger partial charge in [-0.2, -0.15) is 0 Å². The summed E-state index contributed by atoms with van der Waals surface area (Å²) in [6.45, 7) is 3.15. The standard InChI is InChI=1S/C16H17N3O3/c1-16-7-3-8-18(16)15(22)19(14(16)21)12-5-2-4-11(10-12)17-9-6-13(17)20/h2,4-5,10H,3,6-9H2,1H3. The third kappa shape index (κ3) is 1.58. The molecule has 0 N–H and O–H groups in total. The molecule has 114 valence electrons. The fourth-order valence-electron chi connectivity index (χ4n) is 3.56. The summed E-state index contributed by atoms with van der Waals surface area (Å²) in [5, 5.41) is 0. The molecule has 3 saturated heterocycles. The summed E-state index contributed by atoms with van der Waals surface area (Å²) in [6.07, 6.45) is 2.13. The van der Waals surface area contributed by atoms with Crippen molar-refractivity contribution >= 4 is 29.2 Å². The number of carbonyl (C=O) groups excluding carboxylic acids is 3. The van der Waals surface area contributed by atoms with Gasteiger partial charge in [-0.3, -0.25) is 9.59 Å². The zero-order valence-electron chi connectivity index (χ0n) is 12.4. The Kier molecular flexibility index (Phi) is 2.61. The van der Waals surface area contributed by atoms with E-state index in [0.717, 1.165) is 12.1 Å². The minimum atomic E-state index is -0.709. The van der Waals surface area contributed by atoms with Crippen LogP contribution in [0.3, 0.4) is 0 Å². The first kappa shape index (κ1) is 13.3. The molecule has 6 nitrogen and oxygen atoms in total. The maximum atomic E-state index is 12.7. The highest BCUT2D eigenvalue weighted by Gasteiger charge is 2.56. The molecule has 22 heavy (non-hydrogen) atoms. The number of hydrogen-bond acceptors (Lipinski definition) is 3. The van der Waals surface area contributed by atoms with E-state index < -0.39 is 5.54 Å². The molecule has 0 aliphatic carbocycles. The number of hydrogen-bond donors (Lipinski definition) is 0. The number of fused-ring (bicyclic) bond motifs is 1. The monoisotopic (exact) mass is 299 g/mol. The fraction of sp³-hybridized carbons (Fsp3) is 0.438. The van der Waals surface area contributed by atoms with Crippen molar-refractivity contribution in [2.24, 2.45) is 0 Å². The smallest absolute Gasteiger partial charge is 0.312 e. The summed E-state index contributed by atoms with van der Waals surface area (Å²) >= 11 is 0. The zero-order chi connectivity index (χ0) is 15.5. The molecule has 1 aromatic rings. The fourth-order valence-corrected chi connectivity index (χ4v) is 3.56. The summed E-state index contributed by atoms with van der Waals surface area (Å²) in [5.74, 6) is -0.0918. The maximum Gasteiger partial charge on any atom is 0.332 e. The summed E-state index contributed by atoms with van der Waals surface area (Å²) in [5.41, 5.74) is 0.578. The van der Waals surface area contributed by atoms with Crippen molar-refractivity contribution in [3.05, 3.63) is 24.3 Å². The van der Waals surface area contributed by atoms with Gasteiger partial charge in [0.05, 0.1) is 5.69 Å². The normalized spacial score (nSPS) is 27.5. The van der Waals surface area contributed by atoms with Crippen molar-refractivity contribution in [3.8, 4) is 0 Å². The Labute approximate surface area is 128 Å². The van der Waals surface area contributed by atoms with Crippen LogP contribution in [0.25, 0.3) is 0 Å². The Hall–Kier alpha value is -2.37. The number of anilines is 2. The number of nitrogens with zero attached hydrogens (tertiary/aromatic N) is 3. The van der Waals surface area contributed by atoms with E-state index in [-0.39, 0.29) is 17.8 Å². The van der Waals surface area contributed by atoms with Crippen LogP contribution in [0.1, 0.15) is 26.2 Å². The molecule has 0 saturated carbocycles. The topological polar surface area (TPSA) is 60.9 Å². The van der Waals surface area contributed by atoms with Gasteiger partial charge in [-0.1, -0.05) is 6.07 Å². The van der Waals surface area contributed by atoms with Gasteiger partial charge in [-0.05, 0) is 38.0 Å². The number of rotatable bonds is 2. The van der Waals surface area contributed by atoms with Crippen LogP contribution < -0.4 is 9.80 Å². The average molecular weight is 299 g/mol. The maximum absolute atomic E-state index is 12.7. The number of urea groups is 1. The molecule has 1 aromatic carbocycles. The van der Waals surface area contributed by atoms with Crippen molar-refractivity contribution in [2.75, 3.05) is 22.9 Å². The minimum absolute atomic E-state index is 0.0730. The lowest BCUT2D eigenvalue weighted by Gasteiger charge is -2.31. The minimum Gasteiger partial charge on any atom is -0.312 e. The molecule has 1 unspecified atom stereocenters. The van der Waals surface area contributed by atoms with E-state index in [9.17, 15) is 14.4 Å². The van der Waals surface area contributed by atoms with E-state index >= 15 is 0 Å². The summed E-state index contributed by atoms with van der Waals surface area (Å²) in [4.78, 5) is 41.5. The molecule has 3 heterocycles. The van der Waals surface area contributed by atoms with Gasteiger partial charge in [0.15, 0.2) is 0 Å². The van der Waals surface area contributed by atoms with Crippen LogP contribution in [0.4, 0.5) is 16.2 Å². The summed E-state index contributed by atoms with van der Waals surface area (Å²) in [7, 11) is 0. The van der Waals surface area contributed by atoms with E-state index in [4.69, 9.17) is 0 Å². The highest BCUT2D eigenvalue weighted by atomic mass is 16.2. The van der Waals surface area contributed by atoms with Gasteiger partial charge in [-0.25, -0.2) is 9.69 Å². The van der Waals surface area contributed by atoms with Crippen molar-refractivity contribution in [1.29, 1.82) is 0 Å². The van der Waals surface area contributed by atoms with Gasteiger partial charge in [-0.15, -0.1) is 0 Å². The predicted octanol–water partition coefficient (Wildman–Crippen LogP) is 1.74. The summed E-state index contributed by atoms with van der Waals surface area (Å²) in [6, 6.07) is 6.85. The average Bonchev–Trinajstić information content (AvgIpc) is 2.96. The van der Waals surface area contributed by atoms with Gasteiger partial charge in [0.1, 0.15) is 5.54 Å². The number of amides is 4. The van der Waals surface area contributed by atoms with E-state index in [0.29, 0.717) is 31.6 Å². The molecule has 4 rings (SSSR count). The van der Waals surface area contributed by atoms with Crippen LogP contribution >= 0.6 is 0 Å². The lowest BCUT2D eigenvalue weighted by Crippen LogP contribution is -2.43. The van der Waals surface area contributed by atoms with Gasteiger partial charge in [0.2, 0.25) is 5.91 Å². The van der Waals surface area contributed by atoms with Crippen LogP contribution in [0.15, 0.2) is 24.3 Å². The molecule has 3 fully saturated rings. The van der Waals surface area contributed by atoms with Gasteiger partial charge >= 0.3 is 6.03 Å². The lowest BCUT2D eigenvalue weighted by molar-refractivity contribution is -0.123. The first-order valence-electron chi connectivity index (χ1n) is 7.59. The van der Waals surface area contributed by atoms with Gasteiger partial charge in [0, 0.05) is 25.2 Å². The van der Waals surface area contributed by atoms with Crippen molar-refractivity contribution in [3.63, 3.8) is 0 Å². The molecule has 0 spiro atoms. The third-order valence-electron chi connectivity index (χ3n) is 4.98. The summed E-state index contributed by atoms with van der Waals surface area (Å²) < 4.78 is 0. The highest BCUT2D eigenvalue weighted by molar-refractivity contribution is 6.23. The Morgan fingerprint density at radius 2 is 1.86 bits per heavy atom. The third-order valence-corrected chi connectivity index (χ3v) is 4.98. The molecule has 1 atom stereocenters. The molecule has 3 aliphatic heterocycles. The van der Waals surface area contributed by atoms with E-state index in [1.807, 2.05) is 13.0 Å². The Bertz CT molecular complexity index is 702. The predicted molar refractivity (Wildman–Crippen MR) is 80.6 cm³/mol. The van der Waals surface area contributed by atoms with E-state index in [1.54, 1.807) is 28.0 Å². The SMILES string of the molecule is CC12CCCN1C(=O)N(c1cccc(N3CCC3=O)c1)C2=O. The second-order valence-corrected chi connectivity index (χ2v) is 6.27. The molecule has 6 heteroatoms. The molecular weight excluding hydrogens is 282 g/mol. The molecule has 4 amide bonds. The first-order valence-corrected chi connectivity index (χ1v) is 7.59. The van der Waals surface area contributed by atoms with Crippen molar-refractivity contribution in [1.82, 2.24) is 4.90 Å². The number of imide groups is 1. The Morgan fingerprint density at radius 1 is 1.09 bits per heavy atom. The quantitative estimate of drug-likeness (QED) is 0.617. The number of benzene rings is 1. The highest BCUT2D eigenvalue weighted by Crippen LogP contribution is 2.40. The second-order valence-electron chi connectivity index (χ2n) is 6.27. The number of β-lactam (4-membered cyclic amide) rings is 1. The lowest BCUT2D eigenvalue weighted by atomic mass is 9.99. The van der Waals surface area contributed by atoms with Gasteiger partial charge in [0.25, 0.3) is 5.91 Å². The zero-order valence-corrected chi connectivity index (χ0v) is 12.4. The van der Waals surface area contributed by atoms with E-state index in [2.05, 4.69) is 0 Å². The Morgan fingerprint density at radius 3 is 2.50 bits per heavy atom.